The van der Waals surface area contributed by atoms with E-state index in [0.717, 1.165) is 35.4 Å². The van der Waals surface area contributed by atoms with Crippen molar-refractivity contribution in [1.29, 1.82) is 0 Å². The molecule has 0 unspecified atom stereocenters. The van der Waals surface area contributed by atoms with Crippen LogP contribution in [0.5, 0.6) is 0 Å². The van der Waals surface area contributed by atoms with Gasteiger partial charge in [-0.3, -0.25) is 9.69 Å². The van der Waals surface area contributed by atoms with E-state index in [1.807, 2.05) is 6.92 Å². The molecule has 0 bridgehead atoms. The second-order valence-electron chi connectivity index (χ2n) is 5.86. The van der Waals surface area contributed by atoms with E-state index in [1.54, 1.807) is 11.3 Å². The highest BCUT2D eigenvalue weighted by atomic mass is 32.1. The van der Waals surface area contributed by atoms with Crippen LogP contribution in [0.25, 0.3) is 0 Å². The number of aliphatic carboxylic acids is 1. The van der Waals surface area contributed by atoms with Gasteiger partial charge in [-0.15, -0.1) is 10.2 Å². The molecule has 0 aliphatic heterocycles. The Labute approximate surface area is 122 Å². The Bertz CT molecular complexity index is 482. The Morgan fingerprint density at radius 1 is 1.45 bits per heavy atom. The standard InChI is InChI=1S/C13H20N4O2S/c1-8-15-16-13(20-8)14-10-4-11(5-10)17(7-12(18)19)6-9-2-3-9/h9-11H,2-7H2,1H3,(H,14,16)(H,18,19). The van der Waals surface area contributed by atoms with Gasteiger partial charge in [0.1, 0.15) is 5.01 Å². The van der Waals surface area contributed by atoms with E-state index < -0.39 is 5.97 Å². The third-order valence-corrected chi connectivity index (χ3v) is 4.78. The van der Waals surface area contributed by atoms with Gasteiger partial charge >= 0.3 is 5.97 Å². The molecule has 2 aliphatic carbocycles. The highest BCUT2D eigenvalue weighted by Crippen LogP contribution is 2.34. The van der Waals surface area contributed by atoms with E-state index in [-0.39, 0.29) is 6.54 Å². The van der Waals surface area contributed by atoms with Crippen LogP contribution in [-0.4, -0.2) is 51.3 Å². The van der Waals surface area contributed by atoms with E-state index in [2.05, 4.69) is 20.4 Å². The molecule has 3 rings (SSSR count). The molecule has 0 aromatic carbocycles. The average Bonchev–Trinajstić information content (AvgIpc) is 3.03. The monoisotopic (exact) mass is 296 g/mol. The lowest BCUT2D eigenvalue weighted by molar-refractivity contribution is -0.139. The highest BCUT2D eigenvalue weighted by molar-refractivity contribution is 7.15. The Hall–Kier alpha value is -1.21. The topological polar surface area (TPSA) is 78.4 Å². The van der Waals surface area contributed by atoms with E-state index in [9.17, 15) is 4.79 Å². The molecule has 0 radical (unpaired) electrons. The lowest BCUT2D eigenvalue weighted by Crippen LogP contribution is -2.52. The fourth-order valence-corrected chi connectivity index (χ4v) is 3.35. The third-order valence-electron chi connectivity index (χ3n) is 4.01. The van der Waals surface area contributed by atoms with Crippen LogP contribution in [0, 0.1) is 12.8 Å². The van der Waals surface area contributed by atoms with Gasteiger partial charge in [-0.25, -0.2) is 0 Å². The van der Waals surface area contributed by atoms with Crippen LogP contribution in [0.3, 0.4) is 0 Å². The molecule has 2 fully saturated rings. The predicted molar refractivity (Wildman–Crippen MR) is 77.0 cm³/mol. The van der Waals surface area contributed by atoms with E-state index in [4.69, 9.17) is 5.11 Å². The number of carbonyl (C=O) groups is 1. The fraction of sp³-hybridized carbons (Fsp3) is 0.769. The molecule has 2 aliphatic rings. The summed E-state index contributed by atoms with van der Waals surface area (Å²) in [6.45, 7) is 3.06. The second-order valence-corrected chi connectivity index (χ2v) is 7.04. The maximum Gasteiger partial charge on any atom is 0.317 e. The summed E-state index contributed by atoms with van der Waals surface area (Å²) in [6.07, 6.45) is 4.51. The first-order chi connectivity index (χ1) is 9.60. The lowest BCUT2D eigenvalue weighted by atomic mass is 9.85. The molecule has 20 heavy (non-hydrogen) atoms. The Kier molecular flexibility index (Phi) is 3.89. The van der Waals surface area contributed by atoms with Crippen molar-refractivity contribution in [3.05, 3.63) is 5.01 Å². The molecule has 110 valence electrons. The number of hydrogen-bond donors (Lipinski definition) is 2. The molecule has 2 saturated carbocycles. The summed E-state index contributed by atoms with van der Waals surface area (Å²) in [7, 11) is 0. The Balaban J connectivity index is 1.47. The van der Waals surface area contributed by atoms with E-state index in [1.165, 1.54) is 12.8 Å². The van der Waals surface area contributed by atoms with Gasteiger partial charge in [0.05, 0.1) is 6.54 Å². The van der Waals surface area contributed by atoms with Crippen molar-refractivity contribution in [2.45, 2.75) is 44.7 Å². The molecule has 2 N–H and O–H groups in total. The number of hydrogen-bond acceptors (Lipinski definition) is 6. The molecule has 1 aromatic rings. The van der Waals surface area contributed by atoms with Crippen LogP contribution in [0.1, 0.15) is 30.7 Å². The van der Waals surface area contributed by atoms with Gasteiger partial charge in [-0.1, -0.05) is 11.3 Å². The Morgan fingerprint density at radius 2 is 2.20 bits per heavy atom. The average molecular weight is 296 g/mol. The maximum atomic E-state index is 11.0. The minimum absolute atomic E-state index is 0.172. The van der Waals surface area contributed by atoms with Gasteiger partial charge in [0.25, 0.3) is 0 Å². The quantitative estimate of drug-likeness (QED) is 0.795. The van der Waals surface area contributed by atoms with Crippen LogP contribution in [-0.2, 0) is 4.79 Å². The highest BCUT2D eigenvalue weighted by Gasteiger charge is 2.37. The first-order valence-electron chi connectivity index (χ1n) is 7.12. The normalized spacial score (nSPS) is 25.5. The van der Waals surface area contributed by atoms with Crippen molar-refractivity contribution in [3.63, 3.8) is 0 Å². The minimum Gasteiger partial charge on any atom is -0.480 e. The summed E-state index contributed by atoms with van der Waals surface area (Å²) < 4.78 is 0. The van der Waals surface area contributed by atoms with Gasteiger partial charge in [0, 0.05) is 18.6 Å². The van der Waals surface area contributed by atoms with Gasteiger partial charge in [-0.05, 0) is 38.5 Å². The molecular weight excluding hydrogens is 276 g/mol. The van der Waals surface area contributed by atoms with Crippen molar-refractivity contribution < 1.29 is 9.90 Å². The summed E-state index contributed by atoms with van der Waals surface area (Å²) in [5.41, 5.74) is 0. The lowest BCUT2D eigenvalue weighted by Gasteiger charge is -2.42. The number of anilines is 1. The molecule has 0 saturated heterocycles. The second kappa shape index (κ2) is 5.65. The summed E-state index contributed by atoms with van der Waals surface area (Å²) in [4.78, 5) is 13.1. The molecular formula is C13H20N4O2S. The third kappa shape index (κ3) is 3.46. The molecule has 1 heterocycles. The number of rotatable bonds is 7. The summed E-state index contributed by atoms with van der Waals surface area (Å²) in [5.74, 6) is 0.00831. The molecule has 6 nitrogen and oxygen atoms in total. The Morgan fingerprint density at radius 3 is 2.75 bits per heavy atom. The zero-order valence-electron chi connectivity index (χ0n) is 11.6. The zero-order chi connectivity index (χ0) is 14.1. The van der Waals surface area contributed by atoms with Crippen molar-refractivity contribution in [1.82, 2.24) is 15.1 Å². The molecule has 1 aromatic heterocycles. The number of aryl methyl sites for hydroxylation is 1. The summed E-state index contributed by atoms with van der Waals surface area (Å²) in [6, 6.07) is 0.807. The summed E-state index contributed by atoms with van der Waals surface area (Å²) >= 11 is 1.57. The van der Waals surface area contributed by atoms with Gasteiger partial charge in [0.15, 0.2) is 0 Å². The SMILES string of the molecule is Cc1nnc(NC2CC(N(CC(=O)O)CC3CC3)C2)s1. The van der Waals surface area contributed by atoms with Crippen molar-refractivity contribution in [3.8, 4) is 0 Å². The maximum absolute atomic E-state index is 11.0. The van der Waals surface area contributed by atoms with Crippen molar-refractivity contribution in [2.24, 2.45) is 5.92 Å². The van der Waals surface area contributed by atoms with Crippen molar-refractivity contribution in [2.75, 3.05) is 18.4 Å². The molecule has 0 amide bonds. The van der Waals surface area contributed by atoms with Crippen LogP contribution < -0.4 is 5.32 Å². The van der Waals surface area contributed by atoms with E-state index in [0.29, 0.717) is 12.1 Å². The van der Waals surface area contributed by atoms with Crippen LogP contribution >= 0.6 is 11.3 Å². The number of aromatic nitrogens is 2. The first kappa shape index (κ1) is 13.8. The number of nitrogens with one attached hydrogen (secondary N) is 1. The van der Waals surface area contributed by atoms with Gasteiger partial charge < -0.3 is 10.4 Å². The largest absolute Gasteiger partial charge is 0.480 e. The zero-order valence-corrected chi connectivity index (χ0v) is 12.4. The van der Waals surface area contributed by atoms with Crippen LogP contribution in [0.15, 0.2) is 0 Å². The molecule has 0 atom stereocenters. The number of carboxylic acid groups (broad SMARTS) is 1. The van der Waals surface area contributed by atoms with Crippen molar-refractivity contribution >= 4 is 22.4 Å². The van der Waals surface area contributed by atoms with E-state index >= 15 is 0 Å². The number of nitrogens with zero attached hydrogens (tertiary/aromatic N) is 3. The minimum atomic E-state index is -0.721. The predicted octanol–water partition coefficient (Wildman–Crippen LogP) is 1.59. The van der Waals surface area contributed by atoms with Gasteiger partial charge in [0.2, 0.25) is 5.13 Å². The summed E-state index contributed by atoms with van der Waals surface area (Å²) in [5, 5.41) is 22.3. The first-order valence-corrected chi connectivity index (χ1v) is 7.94. The smallest absolute Gasteiger partial charge is 0.317 e. The van der Waals surface area contributed by atoms with Crippen LogP contribution in [0.2, 0.25) is 0 Å². The molecule has 7 heteroatoms. The van der Waals surface area contributed by atoms with Gasteiger partial charge in [-0.2, -0.15) is 0 Å². The fourth-order valence-electron chi connectivity index (χ4n) is 2.68. The van der Waals surface area contributed by atoms with Crippen LogP contribution in [0.4, 0.5) is 5.13 Å². The molecule has 0 spiro atoms. The number of carboxylic acids is 1.